The second-order valence-corrected chi connectivity index (χ2v) is 36.4. The molecule has 3 aliphatic carbocycles. The molecule has 0 amide bonds. The van der Waals surface area contributed by atoms with E-state index in [0.717, 1.165) is 130 Å². The third-order valence-corrected chi connectivity index (χ3v) is 27.4. The van der Waals surface area contributed by atoms with E-state index >= 15 is 0 Å². The van der Waals surface area contributed by atoms with Gasteiger partial charge in [-0.25, -0.2) is 0 Å². The van der Waals surface area contributed by atoms with Gasteiger partial charge in [0, 0.05) is 74.2 Å². The van der Waals surface area contributed by atoms with Gasteiger partial charge in [-0.3, -0.25) is 0 Å². The number of hydrogen-bond acceptors (Lipinski definition) is 4. The van der Waals surface area contributed by atoms with Gasteiger partial charge < -0.3 is 19.6 Å². The quantitative estimate of drug-likeness (QED) is 0.0559. The fourth-order valence-corrected chi connectivity index (χ4v) is 20.2. The molecule has 1 spiro atoms. The average Bonchev–Trinajstić information content (AvgIpc) is 1.50. The number of hydrogen-bond donors (Lipinski definition) is 0. The van der Waals surface area contributed by atoms with E-state index in [1.54, 1.807) is 0 Å². The zero-order valence-corrected chi connectivity index (χ0v) is 77.3. The highest BCUT2D eigenvalue weighted by Gasteiger charge is 2.57. The van der Waals surface area contributed by atoms with Crippen LogP contribution in [0.3, 0.4) is 0 Å². The fourth-order valence-electron chi connectivity index (χ4n) is 20.2. The van der Waals surface area contributed by atoms with Crippen LogP contribution in [-0.4, -0.2) is 0 Å². The molecule has 0 fully saturated rings. The molecule has 4 heteroatoms. The lowest BCUT2D eigenvalue weighted by molar-refractivity contribution is 0.500. The van der Waals surface area contributed by atoms with Gasteiger partial charge in [0.15, 0.2) is 0 Å². The maximum atomic E-state index is 2.59. The molecule has 0 aliphatic heterocycles. The zero-order chi connectivity index (χ0) is 92.1. The molecule has 654 valence electrons. The third kappa shape index (κ3) is 17.7. The largest absolute Gasteiger partial charge is 0.311 e. The SMILES string of the molecule is Cc1ccc(N(c2ccc(/C=C/c3ccccc3)cc2)c2ccc(C3=CC=C4c5ccc(-c6ccc(N(c7ccc(C)cc7)c7ccc(/C=C/c8ccccc8)cc7)cc6)cc5C5(c6cc(-c7ccc(N(c8ccc(C)cc8)c8ccc(/C=C/c9ccccc9)cc8)cc7)ccc6-c6ccc(-c7ccc(N(c8ccc(C)cc8)c8ccc(/C=C/c9ccccc9)cc8)cc7)cc65)C4C3)cc2)cc1. The summed E-state index contributed by atoms with van der Waals surface area (Å²) in [6.07, 6.45) is 23.2. The monoisotopic (exact) mass is 1750 g/mol. The Bertz CT molecular complexity index is 7500. The maximum Gasteiger partial charge on any atom is 0.0541 e. The molecule has 1 atom stereocenters. The van der Waals surface area contributed by atoms with Crippen LogP contribution in [0.2, 0.25) is 0 Å². The Morgan fingerprint density at radius 3 is 0.635 bits per heavy atom. The Morgan fingerprint density at radius 2 is 0.387 bits per heavy atom. The van der Waals surface area contributed by atoms with E-state index in [1.165, 1.54) is 94.6 Å². The smallest absolute Gasteiger partial charge is 0.0541 e. The van der Waals surface area contributed by atoms with Crippen molar-refractivity contribution in [3.8, 4) is 44.5 Å². The summed E-state index contributed by atoms with van der Waals surface area (Å²) in [5, 5.41) is 0. The summed E-state index contributed by atoms with van der Waals surface area (Å²) in [5.74, 6) is -0.0431. The first kappa shape index (κ1) is 85.3. The maximum absolute atomic E-state index is 2.59. The van der Waals surface area contributed by atoms with E-state index in [0.29, 0.717) is 0 Å². The molecular weight excluding hydrogens is 1650 g/mol. The lowest BCUT2D eigenvalue weighted by atomic mass is 9.63. The first-order chi connectivity index (χ1) is 67.5. The summed E-state index contributed by atoms with van der Waals surface area (Å²) in [6, 6.07) is 173. The zero-order valence-electron chi connectivity index (χ0n) is 77.3. The molecule has 1 unspecified atom stereocenters. The molecular formula is C133H102N4. The number of benzene rings is 19. The first-order valence-corrected chi connectivity index (χ1v) is 47.5. The van der Waals surface area contributed by atoms with Crippen molar-refractivity contribution in [1.82, 2.24) is 0 Å². The van der Waals surface area contributed by atoms with Crippen LogP contribution in [0.25, 0.3) is 104 Å². The van der Waals surface area contributed by atoms with Gasteiger partial charge >= 0.3 is 0 Å². The summed E-state index contributed by atoms with van der Waals surface area (Å²) in [4.78, 5) is 9.52. The van der Waals surface area contributed by atoms with Gasteiger partial charge in [0.25, 0.3) is 0 Å². The van der Waals surface area contributed by atoms with Crippen LogP contribution in [0.1, 0.15) is 101 Å². The predicted molar refractivity (Wildman–Crippen MR) is 584 cm³/mol. The molecule has 0 saturated heterocycles. The molecule has 137 heavy (non-hydrogen) atoms. The number of anilines is 12. The van der Waals surface area contributed by atoms with Crippen molar-refractivity contribution < 1.29 is 0 Å². The second kappa shape index (κ2) is 37.8. The van der Waals surface area contributed by atoms with Gasteiger partial charge in [-0.15, -0.1) is 0 Å². The van der Waals surface area contributed by atoms with Gasteiger partial charge in [0.1, 0.15) is 0 Å². The lowest BCUT2D eigenvalue weighted by Crippen LogP contribution is -2.33. The topological polar surface area (TPSA) is 13.0 Å². The number of nitrogens with zero attached hydrogens (tertiary/aromatic N) is 4. The highest BCUT2D eigenvalue weighted by Crippen LogP contribution is 2.68. The Kier molecular flexibility index (Phi) is 23.6. The Balaban J connectivity index is 0.683. The Morgan fingerprint density at radius 1 is 0.190 bits per heavy atom. The molecule has 0 N–H and O–H groups in total. The molecule has 0 aromatic heterocycles. The van der Waals surface area contributed by atoms with E-state index < -0.39 is 5.41 Å². The summed E-state index contributed by atoms with van der Waals surface area (Å²) < 4.78 is 0. The van der Waals surface area contributed by atoms with Crippen LogP contribution in [0, 0.1) is 33.6 Å². The van der Waals surface area contributed by atoms with Crippen molar-refractivity contribution in [2.75, 3.05) is 19.6 Å². The van der Waals surface area contributed by atoms with E-state index in [2.05, 4.69) is 575 Å². The van der Waals surface area contributed by atoms with E-state index in [4.69, 9.17) is 0 Å². The predicted octanol–water partition coefficient (Wildman–Crippen LogP) is 36.3. The highest BCUT2D eigenvalue weighted by atomic mass is 15.2. The van der Waals surface area contributed by atoms with Crippen molar-refractivity contribution in [2.45, 2.75) is 39.5 Å². The van der Waals surface area contributed by atoms with Crippen molar-refractivity contribution in [3.05, 3.63) is 574 Å². The normalized spacial score (nSPS) is 13.3. The summed E-state index contributed by atoms with van der Waals surface area (Å²) >= 11 is 0. The molecule has 4 nitrogen and oxygen atoms in total. The molecule has 0 bridgehead atoms. The third-order valence-electron chi connectivity index (χ3n) is 27.4. The number of fused-ring (bicyclic) bond motifs is 10. The van der Waals surface area contributed by atoms with E-state index in [-0.39, 0.29) is 5.92 Å². The second-order valence-electron chi connectivity index (χ2n) is 36.4. The number of aryl methyl sites for hydroxylation is 4. The minimum Gasteiger partial charge on any atom is -0.311 e. The van der Waals surface area contributed by atoms with Crippen molar-refractivity contribution >= 4 is 128 Å². The van der Waals surface area contributed by atoms with Gasteiger partial charge in [-0.1, -0.05) is 386 Å². The van der Waals surface area contributed by atoms with Gasteiger partial charge in [0.2, 0.25) is 0 Å². The van der Waals surface area contributed by atoms with Crippen molar-refractivity contribution in [3.63, 3.8) is 0 Å². The van der Waals surface area contributed by atoms with Gasteiger partial charge in [-0.2, -0.15) is 0 Å². The summed E-state index contributed by atoms with van der Waals surface area (Å²) in [6.45, 7) is 8.63. The average molecular weight is 1760 g/mol. The number of allylic oxidation sites excluding steroid dienone is 4. The Hall–Kier alpha value is -17.2. The van der Waals surface area contributed by atoms with Gasteiger partial charge in [-0.05, 0) is 326 Å². The molecule has 3 aliphatic rings. The highest BCUT2D eigenvalue weighted by molar-refractivity contribution is 5.99. The summed E-state index contributed by atoms with van der Waals surface area (Å²) in [7, 11) is 0. The standard InChI is InChI=1S/C133H102N4/c1-93-25-61-113(62-26-93)134(117-69-41-101(42-70-117)37-33-97-17-9-5-10-18-97)121-77-49-105(50-78-121)109-57-85-125-126-86-58-110(106-51-79-122(80-52-106)135(114-63-27-94(2)28-64-114)118-71-43-102(44-72-118)38-34-98-19-11-6-12-20-98)90-130(126)133(129(125)89-109)131-91-111(107-53-81-123(82-54-107)136(115-65-29-95(3)30-66-115)119-73-45-103(46-74-119)39-35-99-21-13-7-14-22-99)59-87-127(131)128-88-60-112(92-132(128)133)108-55-83-124(84-56-108)137(116-67-31-96(4)32-68-116)120-75-47-104(48-76-120)40-36-100-23-15-8-16-24-100/h5-91,132H,92H2,1-4H3/b37-33+,38-34+,39-35+,40-36+. The minimum atomic E-state index is -0.710. The Labute approximate surface area is 805 Å². The molecule has 0 heterocycles. The van der Waals surface area contributed by atoms with Crippen LogP contribution in [0.5, 0.6) is 0 Å². The van der Waals surface area contributed by atoms with Crippen LogP contribution >= 0.6 is 0 Å². The molecule has 22 rings (SSSR count). The molecule has 0 saturated carbocycles. The van der Waals surface area contributed by atoms with E-state index in [1.807, 2.05) is 0 Å². The van der Waals surface area contributed by atoms with Crippen LogP contribution in [0.15, 0.2) is 479 Å². The van der Waals surface area contributed by atoms with Gasteiger partial charge in [0.05, 0.1) is 5.41 Å². The van der Waals surface area contributed by atoms with Crippen LogP contribution in [-0.2, 0) is 5.41 Å². The fraction of sp³-hybridized carbons (Fsp3) is 0.0526. The minimum absolute atomic E-state index is 0.0431. The number of rotatable bonds is 24. The van der Waals surface area contributed by atoms with Crippen LogP contribution < -0.4 is 19.6 Å². The van der Waals surface area contributed by atoms with Crippen molar-refractivity contribution in [2.24, 2.45) is 5.92 Å². The molecule has 19 aromatic rings. The van der Waals surface area contributed by atoms with E-state index in [9.17, 15) is 0 Å². The lowest BCUT2D eigenvalue weighted by Gasteiger charge is -2.38. The first-order valence-electron chi connectivity index (χ1n) is 47.5. The van der Waals surface area contributed by atoms with Crippen LogP contribution in [0.4, 0.5) is 68.2 Å². The molecule has 19 aromatic carbocycles. The molecule has 0 radical (unpaired) electrons. The summed E-state index contributed by atoms with van der Waals surface area (Å²) in [5.41, 5.74) is 44.8. The van der Waals surface area contributed by atoms with Crippen molar-refractivity contribution in [1.29, 1.82) is 0 Å².